The molecule has 0 saturated carbocycles. The lowest BCUT2D eigenvalue weighted by atomic mass is 9.92. The van der Waals surface area contributed by atoms with E-state index in [0.717, 1.165) is 66.2 Å². The predicted octanol–water partition coefficient (Wildman–Crippen LogP) is 3.36. The molecule has 1 aliphatic rings. The Balaban J connectivity index is 1.49. The van der Waals surface area contributed by atoms with Crippen LogP contribution in [0.3, 0.4) is 0 Å². The molecule has 1 unspecified atom stereocenters. The number of nitrogens with two attached hydrogens (primary N) is 1. The molecule has 1 aromatic heterocycles. The minimum Gasteiger partial charge on any atom is -0.492 e. The molecule has 7 heteroatoms. The Morgan fingerprint density at radius 2 is 2.09 bits per heavy atom. The summed E-state index contributed by atoms with van der Waals surface area (Å²) in [4.78, 5) is 25.2. The van der Waals surface area contributed by atoms with E-state index in [1.165, 1.54) is 0 Å². The molecule has 0 aliphatic carbocycles. The summed E-state index contributed by atoms with van der Waals surface area (Å²) in [6.07, 6.45) is 4.53. The minimum absolute atomic E-state index is 0.146. The first kappa shape index (κ1) is 22.3. The number of nitrogens with zero attached hydrogens (tertiary/aromatic N) is 1. The van der Waals surface area contributed by atoms with Gasteiger partial charge >= 0.3 is 0 Å². The summed E-state index contributed by atoms with van der Waals surface area (Å²) < 4.78 is 11.7. The van der Waals surface area contributed by atoms with Gasteiger partial charge in [-0.25, -0.2) is 0 Å². The van der Waals surface area contributed by atoms with Crippen LogP contribution in [0.15, 0.2) is 41.0 Å². The van der Waals surface area contributed by atoms with E-state index in [-0.39, 0.29) is 6.42 Å². The van der Waals surface area contributed by atoms with Crippen molar-refractivity contribution < 1.29 is 23.8 Å². The molecule has 1 atom stereocenters. The number of ether oxygens (including phenoxy) is 1. The molecule has 3 N–H and O–H groups in total. The third-order valence-corrected chi connectivity index (χ3v) is 6.43. The lowest BCUT2D eigenvalue weighted by Gasteiger charge is -2.35. The van der Waals surface area contributed by atoms with E-state index in [9.17, 15) is 14.7 Å². The summed E-state index contributed by atoms with van der Waals surface area (Å²) in [7, 11) is 0. The van der Waals surface area contributed by atoms with Gasteiger partial charge in [0.2, 0.25) is 5.91 Å². The van der Waals surface area contributed by atoms with Crippen molar-refractivity contribution in [3.8, 4) is 5.75 Å². The van der Waals surface area contributed by atoms with Gasteiger partial charge in [-0.2, -0.15) is 0 Å². The second-order valence-corrected chi connectivity index (χ2v) is 8.95. The number of primary amides is 1. The van der Waals surface area contributed by atoms with E-state index in [2.05, 4.69) is 4.90 Å². The van der Waals surface area contributed by atoms with Crippen LogP contribution in [0.5, 0.6) is 5.75 Å². The molecule has 0 radical (unpaired) electrons. The first-order valence-electron chi connectivity index (χ1n) is 11.1. The van der Waals surface area contributed by atoms with Gasteiger partial charge in [0.05, 0.1) is 11.9 Å². The lowest BCUT2D eigenvalue weighted by Crippen LogP contribution is -2.43. The number of rotatable bonds is 9. The molecule has 3 aromatic rings. The number of carbonyl (C=O) groups excluding carboxylic acids is 2. The Bertz CT molecular complexity index is 1110. The number of benzene rings is 2. The van der Waals surface area contributed by atoms with Gasteiger partial charge in [-0.15, -0.1) is 0 Å². The van der Waals surface area contributed by atoms with Crippen LogP contribution in [0, 0.1) is 0 Å². The molecular formula is C25H30N2O5. The molecule has 1 amide bonds. The number of aliphatic hydroxyl groups is 1. The van der Waals surface area contributed by atoms with Crippen LogP contribution in [0.25, 0.3) is 21.7 Å². The van der Waals surface area contributed by atoms with Gasteiger partial charge in [0.15, 0.2) is 0 Å². The van der Waals surface area contributed by atoms with Gasteiger partial charge in [0.1, 0.15) is 24.2 Å². The maximum Gasteiger partial charge on any atom is 0.217 e. The smallest absolute Gasteiger partial charge is 0.217 e. The SMILES string of the molecule is CC1(O)CCN(CCOc2ccc3c(ccc4occ(C(C=O)CCC(N)=O)c43)c2)CC1. The second kappa shape index (κ2) is 9.30. The zero-order valence-electron chi connectivity index (χ0n) is 18.4. The fourth-order valence-corrected chi connectivity index (χ4v) is 4.38. The highest BCUT2D eigenvalue weighted by molar-refractivity contribution is 6.08. The van der Waals surface area contributed by atoms with Gasteiger partial charge in [-0.05, 0) is 61.2 Å². The number of hydrogen-bond acceptors (Lipinski definition) is 6. The van der Waals surface area contributed by atoms with E-state index >= 15 is 0 Å². The molecule has 170 valence electrons. The van der Waals surface area contributed by atoms with Crippen molar-refractivity contribution in [3.63, 3.8) is 0 Å². The Kier molecular flexibility index (Phi) is 6.48. The molecule has 2 heterocycles. The third-order valence-electron chi connectivity index (χ3n) is 6.43. The minimum atomic E-state index is -0.546. The van der Waals surface area contributed by atoms with E-state index in [1.54, 1.807) is 6.26 Å². The first-order valence-corrected chi connectivity index (χ1v) is 11.1. The van der Waals surface area contributed by atoms with Crippen LogP contribution in [0.4, 0.5) is 0 Å². The van der Waals surface area contributed by atoms with Crippen molar-refractivity contribution in [3.05, 3.63) is 42.2 Å². The van der Waals surface area contributed by atoms with Gasteiger partial charge < -0.3 is 24.8 Å². The van der Waals surface area contributed by atoms with Crippen molar-refractivity contribution in [2.75, 3.05) is 26.2 Å². The van der Waals surface area contributed by atoms with Crippen LogP contribution in [0.2, 0.25) is 0 Å². The van der Waals surface area contributed by atoms with Crippen LogP contribution >= 0.6 is 0 Å². The quantitative estimate of drug-likeness (QED) is 0.496. The fraction of sp³-hybridized carbons (Fsp3) is 0.440. The largest absolute Gasteiger partial charge is 0.492 e. The summed E-state index contributed by atoms with van der Waals surface area (Å²) in [6.45, 7) is 5.05. The average Bonchev–Trinajstić information content (AvgIpc) is 3.19. The zero-order chi connectivity index (χ0) is 22.7. The second-order valence-electron chi connectivity index (χ2n) is 8.95. The van der Waals surface area contributed by atoms with Crippen molar-refractivity contribution in [1.82, 2.24) is 4.90 Å². The molecule has 0 spiro atoms. The lowest BCUT2D eigenvalue weighted by molar-refractivity contribution is -0.118. The zero-order valence-corrected chi connectivity index (χ0v) is 18.4. The van der Waals surface area contributed by atoms with Crippen molar-refractivity contribution >= 4 is 33.9 Å². The average molecular weight is 439 g/mol. The number of piperidine rings is 1. The Morgan fingerprint density at radius 1 is 1.31 bits per heavy atom. The highest BCUT2D eigenvalue weighted by atomic mass is 16.5. The number of fused-ring (bicyclic) bond motifs is 3. The van der Waals surface area contributed by atoms with Gasteiger partial charge in [0.25, 0.3) is 0 Å². The number of aldehydes is 1. The maximum absolute atomic E-state index is 11.7. The molecule has 2 aromatic carbocycles. The van der Waals surface area contributed by atoms with E-state index < -0.39 is 17.4 Å². The van der Waals surface area contributed by atoms with Gasteiger partial charge in [0, 0.05) is 42.9 Å². The first-order chi connectivity index (χ1) is 15.4. The topological polar surface area (TPSA) is 106 Å². The van der Waals surface area contributed by atoms with Crippen molar-refractivity contribution in [2.24, 2.45) is 5.73 Å². The summed E-state index contributed by atoms with van der Waals surface area (Å²) >= 11 is 0. The summed E-state index contributed by atoms with van der Waals surface area (Å²) in [5.41, 5.74) is 6.19. The summed E-state index contributed by atoms with van der Waals surface area (Å²) in [6, 6.07) is 9.77. The van der Waals surface area contributed by atoms with E-state index in [1.807, 2.05) is 37.3 Å². The number of carbonyl (C=O) groups is 2. The highest BCUT2D eigenvalue weighted by Crippen LogP contribution is 2.36. The molecule has 4 rings (SSSR count). The fourth-order valence-electron chi connectivity index (χ4n) is 4.38. The van der Waals surface area contributed by atoms with Crippen LogP contribution in [-0.2, 0) is 9.59 Å². The number of likely N-dealkylation sites (tertiary alicyclic amines) is 1. The van der Waals surface area contributed by atoms with Crippen LogP contribution in [0.1, 0.15) is 44.1 Å². The molecule has 7 nitrogen and oxygen atoms in total. The molecular weight excluding hydrogens is 408 g/mol. The standard InChI is InChI=1S/C25H30N2O5/c1-25(30)8-10-27(11-9-25)12-13-31-19-4-5-20-17(14-19)2-6-22-24(20)21(16-32-22)18(15-28)3-7-23(26)29/h2,4-6,14-16,18,30H,3,7-13H2,1H3,(H2,26,29). The molecule has 1 aliphatic heterocycles. The highest BCUT2D eigenvalue weighted by Gasteiger charge is 2.27. The molecule has 1 fully saturated rings. The summed E-state index contributed by atoms with van der Waals surface area (Å²) in [5, 5.41) is 12.9. The normalized spacial score (nSPS) is 17.4. The number of furan rings is 1. The van der Waals surface area contributed by atoms with Crippen molar-refractivity contribution in [2.45, 2.75) is 44.1 Å². The van der Waals surface area contributed by atoms with Gasteiger partial charge in [-0.1, -0.05) is 6.07 Å². The number of hydrogen-bond donors (Lipinski definition) is 2. The number of amides is 1. The summed E-state index contributed by atoms with van der Waals surface area (Å²) in [5.74, 6) is -0.0894. The molecule has 1 saturated heterocycles. The molecule has 0 bridgehead atoms. The van der Waals surface area contributed by atoms with Gasteiger partial charge in [-0.3, -0.25) is 9.69 Å². The third kappa shape index (κ3) is 4.95. The maximum atomic E-state index is 11.7. The molecule has 32 heavy (non-hydrogen) atoms. The Hall–Kier alpha value is -2.90. The van der Waals surface area contributed by atoms with E-state index in [0.29, 0.717) is 18.6 Å². The Morgan fingerprint density at radius 3 is 2.81 bits per heavy atom. The van der Waals surface area contributed by atoms with Crippen LogP contribution in [-0.4, -0.2) is 54.0 Å². The van der Waals surface area contributed by atoms with Crippen LogP contribution < -0.4 is 10.5 Å². The Labute approximate surface area is 187 Å². The van der Waals surface area contributed by atoms with E-state index in [4.69, 9.17) is 14.9 Å². The predicted molar refractivity (Wildman–Crippen MR) is 123 cm³/mol. The van der Waals surface area contributed by atoms with Crippen molar-refractivity contribution in [1.29, 1.82) is 0 Å². The monoisotopic (exact) mass is 438 g/mol.